The monoisotopic (exact) mass is 629 g/mol. The average molecular weight is 629 g/mol. The van der Waals surface area contributed by atoms with Crippen molar-refractivity contribution in [3.8, 4) is 0 Å². The summed E-state index contributed by atoms with van der Waals surface area (Å²) in [5.74, 6) is -0.171. The molecule has 0 aromatic carbocycles. The molecule has 2 aliphatic heterocycles. The highest BCUT2D eigenvalue weighted by Gasteiger charge is 2.50. The van der Waals surface area contributed by atoms with Gasteiger partial charge in [0.25, 0.3) is 5.56 Å². The zero-order chi connectivity index (χ0) is 29.9. The second-order valence-electron chi connectivity index (χ2n) is 9.48. The van der Waals surface area contributed by atoms with Crippen molar-refractivity contribution in [2.75, 3.05) is 24.7 Å². The Kier molecular flexibility index (Phi) is 8.19. The fraction of sp³-hybridized carbons (Fsp3) is 0.500. The maximum atomic E-state index is 13.0. The molecule has 2 aliphatic rings. The lowest BCUT2D eigenvalue weighted by Gasteiger charge is -2.24. The summed E-state index contributed by atoms with van der Waals surface area (Å²) in [7, 11) is -5.06. The van der Waals surface area contributed by atoms with Crippen LogP contribution in [0.4, 0.5) is 11.8 Å². The fourth-order valence-electron chi connectivity index (χ4n) is 4.84. The number of aliphatic hydroxyl groups excluding tert-OH is 4. The molecule has 9 atom stereocenters. The van der Waals surface area contributed by atoms with Crippen molar-refractivity contribution in [2.45, 2.75) is 49.1 Å². The molecule has 2 saturated heterocycles. The van der Waals surface area contributed by atoms with E-state index in [9.17, 15) is 34.7 Å². The Hall–Kier alpha value is -3.67. The van der Waals surface area contributed by atoms with Gasteiger partial charge in [0.15, 0.2) is 35.1 Å². The molecule has 0 amide bonds. The minimum Gasteiger partial charge on any atom is -0.394 e. The van der Waals surface area contributed by atoms with Crippen LogP contribution in [0.3, 0.4) is 0 Å². The summed E-state index contributed by atoms with van der Waals surface area (Å²) in [6, 6.07) is 0. The Morgan fingerprint density at radius 3 is 2.35 bits per heavy atom. The topological polar surface area (TPSA) is 349 Å². The van der Waals surface area contributed by atoms with Crippen LogP contribution in [-0.2, 0) is 23.1 Å². The zero-order valence-corrected chi connectivity index (χ0v) is 22.8. The molecule has 0 spiro atoms. The van der Waals surface area contributed by atoms with E-state index in [0.717, 1.165) is 10.9 Å². The Bertz CT molecular complexity index is 1730. The maximum absolute atomic E-state index is 13.0. The number of fused-ring (bicyclic) bond motifs is 2. The van der Waals surface area contributed by atoms with Gasteiger partial charge in [0.1, 0.15) is 48.5 Å². The molecule has 0 bridgehead atoms. The van der Waals surface area contributed by atoms with E-state index in [0.29, 0.717) is 0 Å². The number of nitrogens with one attached hydrogen (secondary N) is 1. The Morgan fingerprint density at radius 1 is 0.953 bits per heavy atom. The number of rotatable bonds is 8. The molecule has 2 fully saturated rings. The highest BCUT2D eigenvalue weighted by Crippen LogP contribution is 2.50. The summed E-state index contributed by atoms with van der Waals surface area (Å²) in [6.45, 7) is -1.44. The maximum Gasteiger partial charge on any atom is 0.472 e. The molecular formula is C20H28N11O11P. The lowest BCUT2D eigenvalue weighted by atomic mass is 10.1. The molecule has 0 aliphatic carbocycles. The van der Waals surface area contributed by atoms with E-state index < -0.39 is 75.7 Å². The predicted octanol–water partition coefficient (Wildman–Crippen LogP) is -3.34. The van der Waals surface area contributed by atoms with Crippen LogP contribution in [-0.4, -0.2) is 114 Å². The van der Waals surface area contributed by atoms with Crippen molar-refractivity contribution in [1.82, 2.24) is 45.2 Å². The number of phosphoric ester groups is 1. The van der Waals surface area contributed by atoms with Gasteiger partial charge in [0, 0.05) is 0 Å². The number of H-pyrrole nitrogens is 1. The van der Waals surface area contributed by atoms with Crippen LogP contribution >= 0.6 is 7.82 Å². The van der Waals surface area contributed by atoms with Gasteiger partial charge in [-0.05, 0) is 0 Å². The number of imidazole rings is 2. The number of hydrogen-bond donors (Lipinski definition) is 9. The summed E-state index contributed by atoms with van der Waals surface area (Å²) >= 11 is 0. The predicted molar refractivity (Wildman–Crippen MR) is 141 cm³/mol. The summed E-state index contributed by atoms with van der Waals surface area (Å²) < 4.78 is 37.0. The van der Waals surface area contributed by atoms with E-state index in [1.165, 1.54) is 17.2 Å². The van der Waals surface area contributed by atoms with Crippen LogP contribution < -0.4 is 23.2 Å². The van der Waals surface area contributed by atoms with Gasteiger partial charge in [-0.3, -0.25) is 28.0 Å². The third-order valence-electron chi connectivity index (χ3n) is 6.87. The van der Waals surface area contributed by atoms with E-state index in [-0.39, 0.29) is 40.2 Å². The number of aromatic amines is 1. The minimum absolute atomic E-state index is 0. The van der Waals surface area contributed by atoms with E-state index in [4.69, 9.17) is 30.0 Å². The highest BCUT2D eigenvalue weighted by molar-refractivity contribution is 7.47. The van der Waals surface area contributed by atoms with Crippen LogP contribution in [0.2, 0.25) is 0 Å². The van der Waals surface area contributed by atoms with Crippen LogP contribution in [0.25, 0.3) is 22.3 Å². The van der Waals surface area contributed by atoms with Crippen molar-refractivity contribution in [2.24, 2.45) is 0 Å². The Morgan fingerprint density at radius 2 is 1.63 bits per heavy atom. The minimum atomic E-state index is -5.06. The normalized spacial score (nSPS) is 30.5. The fourth-order valence-corrected chi connectivity index (χ4v) is 5.77. The average Bonchev–Trinajstić information content (AvgIpc) is 3.69. The smallest absolute Gasteiger partial charge is 0.394 e. The Balaban J connectivity index is 0.00000368. The number of aliphatic hydroxyl groups is 4. The number of hydrogen-bond acceptors (Lipinski definition) is 18. The van der Waals surface area contributed by atoms with Crippen molar-refractivity contribution in [3.05, 3.63) is 29.3 Å². The van der Waals surface area contributed by atoms with Gasteiger partial charge in [-0.15, -0.1) is 0 Å². The van der Waals surface area contributed by atoms with Crippen LogP contribution in [0.5, 0.6) is 0 Å². The SMILES string of the molecule is N.Nc1nc2c(ncn2[C@@H]2O[C@H](CO)[C@H](O)C2OP(=O)(O)OC[C@H]2O[C@@H](n3cnc4c(N)ncnc43)C(O)[C@H]2O)c(=O)[nH]1. The van der Waals surface area contributed by atoms with Gasteiger partial charge >= 0.3 is 7.82 Å². The first-order valence-corrected chi connectivity index (χ1v) is 13.8. The van der Waals surface area contributed by atoms with Crippen molar-refractivity contribution in [1.29, 1.82) is 0 Å². The molecule has 0 saturated carbocycles. The first kappa shape index (κ1) is 30.8. The number of ether oxygens (including phenoxy) is 2. The molecule has 22 nitrogen and oxygen atoms in total. The molecule has 43 heavy (non-hydrogen) atoms. The van der Waals surface area contributed by atoms with E-state index in [1.807, 2.05) is 0 Å². The molecule has 6 heterocycles. The second kappa shape index (κ2) is 11.4. The van der Waals surface area contributed by atoms with Crippen LogP contribution in [0.1, 0.15) is 12.5 Å². The molecule has 4 aromatic heterocycles. The van der Waals surface area contributed by atoms with Gasteiger partial charge in [-0.1, -0.05) is 0 Å². The van der Waals surface area contributed by atoms with Crippen LogP contribution in [0, 0.1) is 0 Å². The largest absolute Gasteiger partial charge is 0.472 e. The summed E-state index contributed by atoms with van der Waals surface area (Å²) in [5, 5.41) is 41.5. The number of anilines is 2. The molecule has 23 heteroatoms. The first-order valence-electron chi connectivity index (χ1n) is 12.3. The molecule has 3 unspecified atom stereocenters. The van der Waals surface area contributed by atoms with Crippen molar-refractivity contribution >= 4 is 41.9 Å². The number of nitrogen functional groups attached to an aromatic ring is 2. The molecule has 13 N–H and O–H groups in total. The van der Waals surface area contributed by atoms with Gasteiger partial charge in [0.05, 0.1) is 25.9 Å². The van der Waals surface area contributed by atoms with E-state index in [1.54, 1.807) is 0 Å². The molecular weight excluding hydrogens is 601 g/mol. The van der Waals surface area contributed by atoms with Gasteiger partial charge in [-0.25, -0.2) is 24.5 Å². The summed E-state index contributed by atoms with van der Waals surface area (Å²) in [4.78, 5) is 44.9. The number of aromatic nitrogens is 8. The standard InChI is InChI=1S/C20H25N10O11P.H3N/c21-14-8-15(24-3-23-14)29(4-25-8)18-12(34)10(32)7(40-18)2-38-42(36,37)41-13-11(33)6(1-31)39-19(13)30-5-26-9-16(30)27-20(22)28-17(9)35;/h3-7,10-13,18-19,31-34H,1-2H2,(H,36,37)(H2,21,23,24)(H3,22,27,28,35);1H3/t6-,7-,10+,11+,12?,13?,18-,19-;/m1./s1. The van der Waals surface area contributed by atoms with Crippen molar-refractivity contribution in [3.63, 3.8) is 0 Å². The molecule has 6 rings (SSSR count). The number of phosphoric acid groups is 1. The zero-order valence-electron chi connectivity index (χ0n) is 21.9. The van der Waals surface area contributed by atoms with Gasteiger partial charge in [-0.2, -0.15) is 4.98 Å². The third-order valence-corrected chi connectivity index (χ3v) is 7.86. The molecule has 234 valence electrons. The molecule has 0 radical (unpaired) electrons. The molecule has 4 aromatic rings. The van der Waals surface area contributed by atoms with Gasteiger partial charge < -0.3 is 52.4 Å². The second-order valence-corrected chi connectivity index (χ2v) is 10.9. The quantitative estimate of drug-likeness (QED) is 0.0859. The lowest BCUT2D eigenvalue weighted by Crippen LogP contribution is -2.36. The summed E-state index contributed by atoms with van der Waals surface area (Å²) in [6.07, 6.45) is -8.05. The Labute approximate surface area is 239 Å². The number of nitrogens with zero attached hydrogens (tertiary/aromatic N) is 7. The van der Waals surface area contributed by atoms with Crippen molar-refractivity contribution < 1.29 is 48.4 Å². The first-order chi connectivity index (χ1) is 20.0. The van der Waals surface area contributed by atoms with Gasteiger partial charge in [0.2, 0.25) is 5.95 Å². The number of nitrogens with two attached hydrogens (primary N) is 2. The van der Waals surface area contributed by atoms with Crippen LogP contribution in [0.15, 0.2) is 23.8 Å². The third kappa shape index (κ3) is 5.34. The summed E-state index contributed by atoms with van der Waals surface area (Å²) in [5.41, 5.74) is 11.0. The highest BCUT2D eigenvalue weighted by atomic mass is 31.2. The van der Waals surface area contributed by atoms with E-state index in [2.05, 4.69) is 29.9 Å². The lowest BCUT2D eigenvalue weighted by molar-refractivity contribution is -0.0615. The van der Waals surface area contributed by atoms with E-state index >= 15 is 0 Å².